The van der Waals surface area contributed by atoms with Crippen LogP contribution in [0.5, 0.6) is 0 Å². The predicted molar refractivity (Wildman–Crippen MR) is 122 cm³/mol. The maximum atomic E-state index is 13.6. The van der Waals surface area contributed by atoms with Crippen molar-refractivity contribution in [3.05, 3.63) is 87.8 Å². The zero-order valence-electron chi connectivity index (χ0n) is 18.6. The molecule has 0 atom stereocenters. The number of carbonyl (C=O) groups is 2. The van der Waals surface area contributed by atoms with E-state index >= 15 is 0 Å². The van der Waals surface area contributed by atoms with E-state index in [2.05, 4.69) is 5.10 Å². The highest BCUT2D eigenvalue weighted by Crippen LogP contribution is 2.19. The number of ether oxygens (including phenoxy) is 1. The molecular weight excluding hydrogens is 462 g/mol. The largest absolute Gasteiger partial charge is 0.465 e. The summed E-state index contributed by atoms with van der Waals surface area (Å²) in [5, 5.41) is 13.9. The van der Waals surface area contributed by atoms with Crippen LogP contribution in [-0.2, 0) is 16.0 Å². The minimum atomic E-state index is -1.18. The molecule has 2 aromatic carbocycles. The molecule has 1 N–H and O–H groups in total. The second kappa shape index (κ2) is 10.4. The summed E-state index contributed by atoms with van der Waals surface area (Å²) in [4.78, 5) is 38.9. The van der Waals surface area contributed by atoms with E-state index < -0.39 is 17.7 Å². The lowest BCUT2D eigenvalue weighted by Gasteiger charge is -2.29. The van der Waals surface area contributed by atoms with Crippen molar-refractivity contribution in [3.8, 4) is 5.69 Å². The van der Waals surface area contributed by atoms with Gasteiger partial charge in [0, 0.05) is 50.1 Å². The van der Waals surface area contributed by atoms with Crippen LogP contribution in [0.1, 0.15) is 11.3 Å². The first-order chi connectivity index (χ1) is 16.8. The SMILES string of the molecule is O=C1COCCN1CCN(C(=O)O)c1cccc(Cc2nn(-c3cc(F)cc(F)c3)ccc2=O)c1. The topological polar surface area (TPSA) is 105 Å². The van der Waals surface area contributed by atoms with E-state index in [1.54, 1.807) is 29.2 Å². The number of rotatable bonds is 7. The smallest absolute Gasteiger partial charge is 0.411 e. The Bertz CT molecular complexity index is 1290. The van der Waals surface area contributed by atoms with Crippen LogP contribution < -0.4 is 10.3 Å². The molecular formula is C24H22F2N4O5. The first kappa shape index (κ1) is 24.0. The van der Waals surface area contributed by atoms with E-state index in [0.29, 0.717) is 24.4 Å². The van der Waals surface area contributed by atoms with E-state index in [9.17, 15) is 28.3 Å². The van der Waals surface area contributed by atoms with Crippen LogP contribution in [0.2, 0.25) is 0 Å². The molecule has 11 heteroatoms. The molecule has 2 amide bonds. The third-order valence-electron chi connectivity index (χ3n) is 5.49. The molecule has 0 saturated carbocycles. The van der Waals surface area contributed by atoms with E-state index in [-0.39, 0.29) is 48.8 Å². The van der Waals surface area contributed by atoms with Gasteiger partial charge in [0.2, 0.25) is 11.3 Å². The molecule has 1 fully saturated rings. The number of morpholine rings is 1. The van der Waals surface area contributed by atoms with Gasteiger partial charge in [0.05, 0.1) is 12.3 Å². The number of anilines is 1. The number of amides is 2. The van der Waals surface area contributed by atoms with E-state index in [1.165, 1.54) is 16.9 Å². The highest BCUT2D eigenvalue weighted by molar-refractivity contribution is 5.86. The summed E-state index contributed by atoms with van der Waals surface area (Å²) in [5.74, 6) is -1.75. The van der Waals surface area contributed by atoms with Crippen LogP contribution >= 0.6 is 0 Å². The summed E-state index contributed by atoms with van der Waals surface area (Å²) in [5.41, 5.74) is 0.856. The second-order valence-corrected chi connectivity index (χ2v) is 7.91. The molecule has 0 radical (unpaired) electrons. The molecule has 1 aliphatic rings. The van der Waals surface area contributed by atoms with Crippen molar-refractivity contribution >= 4 is 17.7 Å². The number of aromatic nitrogens is 2. The fourth-order valence-electron chi connectivity index (χ4n) is 3.76. The molecule has 3 aromatic rings. The number of hydrogen-bond donors (Lipinski definition) is 1. The molecule has 1 aliphatic heterocycles. The Morgan fingerprint density at radius 2 is 1.89 bits per heavy atom. The van der Waals surface area contributed by atoms with Gasteiger partial charge in [-0.3, -0.25) is 14.5 Å². The van der Waals surface area contributed by atoms with E-state index in [1.807, 2.05) is 0 Å². The summed E-state index contributed by atoms with van der Waals surface area (Å²) in [6.45, 7) is 1.05. The number of hydrogen-bond acceptors (Lipinski definition) is 5. The molecule has 9 nitrogen and oxygen atoms in total. The van der Waals surface area contributed by atoms with Gasteiger partial charge >= 0.3 is 6.09 Å². The van der Waals surface area contributed by atoms with Crippen LogP contribution in [0.15, 0.2) is 59.5 Å². The number of benzene rings is 2. The van der Waals surface area contributed by atoms with Gasteiger partial charge in [0.1, 0.15) is 23.9 Å². The van der Waals surface area contributed by atoms with Crippen LogP contribution in [0.3, 0.4) is 0 Å². The Morgan fingerprint density at radius 3 is 2.60 bits per heavy atom. The average molecular weight is 484 g/mol. The monoisotopic (exact) mass is 484 g/mol. The van der Waals surface area contributed by atoms with Crippen LogP contribution in [0, 0.1) is 11.6 Å². The number of carbonyl (C=O) groups excluding carboxylic acids is 1. The lowest BCUT2D eigenvalue weighted by Crippen LogP contribution is -2.46. The molecule has 182 valence electrons. The third-order valence-corrected chi connectivity index (χ3v) is 5.49. The molecule has 0 aliphatic carbocycles. The summed E-state index contributed by atoms with van der Waals surface area (Å²) in [7, 11) is 0. The van der Waals surface area contributed by atoms with Crippen molar-refractivity contribution < 1.29 is 28.2 Å². The van der Waals surface area contributed by atoms with E-state index in [0.717, 1.165) is 23.1 Å². The first-order valence-electron chi connectivity index (χ1n) is 10.8. The Morgan fingerprint density at radius 1 is 1.11 bits per heavy atom. The minimum Gasteiger partial charge on any atom is -0.465 e. The van der Waals surface area contributed by atoms with Gasteiger partial charge in [0.25, 0.3) is 0 Å². The van der Waals surface area contributed by atoms with Gasteiger partial charge in [-0.05, 0) is 29.8 Å². The Hall–Kier alpha value is -4.12. The molecule has 2 heterocycles. The Balaban J connectivity index is 1.55. The number of nitrogens with zero attached hydrogens (tertiary/aromatic N) is 4. The van der Waals surface area contributed by atoms with Crippen molar-refractivity contribution in [1.82, 2.24) is 14.7 Å². The van der Waals surface area contributed by atoms with Crippen molar-refractivity contribution in [2.75, 3.05) is 37.7 Å². The van der Waals surface area contributed by atoms with Crippen molar-refractivity contribution in [2.24, 2.45) is 0 Å². The van der Waals surface area contributed by atoms with Crippen molar-refractivity contribution in [1.29, 1.82) is 0 Å². The Kier molecular flexibility index (Phi) is 7.16. The average Bonchev–Trinajstić information content (AvgIpc) is 2.81. The molecule has 35 heavy (non-hydrogen) atoms. The van der Waals surface area contributed by atoms with Crippen LogP contribution in [-0.4, -0.2) is 64.6 Å². The number of carboxylic acid groups (broad SMARTS) is 1. The quantitative estimate of drug-likeness (QED) is 0.553. The Labute approximate surface area is 198 Å². The third kappa shape index (κ3) is 5.87. The lowest BCUT2D eigenvalue weighted by molar-refractivity contribution is -0.142. The maximum Gasteiger partial charge on any atom is 0.411 e. The van der Waals surface area contributed by atoms with E-state index in [4.69, 9.17) is 4.74 Å². The lowest BCUT2D eigenvalue weighted by atomic mass is 10.1. The van der Waals surface area contributed by atoms with Crippen LogP contribution in [0.4, 0.5) is 19.3 Å². The zero-order chi connectivity index (χ0) is 24.9. The minimum absolute atomic E-state index is 0.0214. The molecule has 1 aromatic heterocycles. The summed E-state index contributed by atoms with van der Waals surface area (Å²) in [6, 6.07) is 10.8. The van der Waals surface area contributed by atoms with Gasteiger partial charge in [-0.25, -0.2) is 18.3 Å². The molecule has 0 bridgehead atoms. The van der Waals surface area contributed by atoms with Crippen LogP contribution in [0.25, 0.3) is 5.69 Å². The normalized spacial score (nSPS) is 13.7. The molecule has 4 rings (SSSR count). The van der Waals surface area contributed by atoms with Gasteiger partial charge in [0.15, 0.2) is 0 Å². The predicted octanol–water partition coefficient (Wildman–Crippen LogP) is 2.44. The highest BCUT2D eigenvalue weighted by atomic mass is 19.1. The summed E-state index contributed by atoms with van der Waals surface area (Å²) in [6.07, 6.45) is 0.201. The summed E-state index contributed by atoms with van der Waals surface area (Å²) < 4.78 is 33.5. The van der Waals surface area contributed by atoms with Gasteiger partial charge in [-0.2, -0.15) is 5.10 Å². The highest BCUT2D eigenvalue weighted by Gasteiger charge is 2.22. The maximum absolute atomic E-state index is 13.6. The standard InChI is InChI=1S/C24H22F2N4O5/c25-17-12-18(26)14-20(13-17)30-5-4-22(31)21(27-30)11-16-2-1-3-19(10-16)29(24(33)34)7-6-28-8-9-35-15-23(28)32/h1-5,10,12-14H,6-9,11,15H2,(H,33,34). The molecule has 0 spiro atoms. The van der Waals surface area contributed by atoms with Crippen molar-refractivity contribution in [2.45, 2.75) is 6.42 Å². The fraction of sp³-hybridized carbons (Fsp3) is 0.250. The van der Waals surface area contributed by atoms with Gasteiger partial charge in [-0.15, -0.1) is 0 Å². The first-order valence-corrected chi connectivity index (χ1v) is 10.8. The fourth-order valence-corrected chi connectivity index (χ4v) is 3.76. The van der Waals surface area contributed by atoms with Crippen molar-refractivity contribution in [3.63, 3.8) is 0 Å². The summed E-state index contributed by atoms with van der Waals surface area (Å²) >= 11 is 0. The van der Waals surface area contributed by atoms with Gasteiger partial charge in [-0.1, -0.05) is 12.1 Å². The second-order valence-electron chi connectivity index (χ2n) is 7.91. The molecule has 0 unspecified atom stereocenters. The zero-order valence-corrected chi connectivity index (χ0v) is 18.6. The molecule has 1 saturated heterocycles. The number of halogens is 2. The van der Waals surface area contributed by atoms with Gasteiger partial charge < -0.3 is 14.7 Å².